The Balaban J connectivity index is 2.91. The monoisotopic (exact) mass is 217 g/mol. The van der Waals surface area contributed by atoms with Gasteiger partial charge in [0.25, 0.3) is 0 Å². The van der Waals surface area contributed by atoms with Gasteiger partial charge in [-0.15, -0.1) is 0 Å². The molecule has 0 atom stereocenters. The van der Waals surface area contributed by atoms with Crippen LogP contribution < -0.4 is 5.32 Å². The van der Waals surface area contributed by atoms with Gasteiger partial charge in [-0.1, -0.05) is 6.92 Å². The topological polar surface area (TPSA) is 37.8 Å². The molecule has 0 amide bonds. The van der Waals surface area contributed by atoms with Gasteiger partial charge in [0.05, 0.1) is 6.20 Å². The number of rotatable bonds is 3. The van der Waals surface area contributed by atoms with E-state index in [4.69, 9.17) is 11.6 Å². The van der Waals surface area contributed by atoms with Crippen molar-refractivity contribution in [3.63, 3.8) is 0 Å². The Morgan fingerprint density at radius 3 is 2.79 bits per heavy atom. The van der Waals surface area contributed by atoms with Crippen molar-refractivity contribution in [1.29, 1.82) is 0 Å². The second-order valence-corrected chi connectivity index (χ2v) is 4.04. The summed E-state index contributed by atoms with van der Waals surface area (Å²) in [5.74, 6) is -0.340. The van der Waals surface area contributed by atoms with Crippen molar-refractivity contribution in [3.05, 3.63) is 17.3 Å². The van der Waals surface area contributed by atoms with Crippen LogP contribution in [0.5, 0.6) is 0 Å². The molecule has 14 heavy (non-hydrogen) atoms. The Bertz CT molecular complexity index is 328. The molecule has 0 aromatic carbocycles. The summed E-state index contributed by atoms with van der Waals surface area (Å²) in [6, 6.07) is 0. The highest BCUT2D eigenvalue weighted by Crippen LogP contribution is 2.19. The van der Waals surface area contributed by atoms with Crippen LogP contribution in [0.4, 0.5) is 10.2 Å². The third-order valence-electron chi connectivity index (χ3n) is 2.06. The number of halogens is 2. The molecule has 0 bridgehead atoms. The summed E-state index contributed by atoms with van der Waals surface area (Å²) in [6.07, 6.45) is 1.91. The summed E-state index contributed by atoms with van der Waals surface area (Å²) in [5, 5.41) is 3.01. The summed E-state index contributed by atoms with van der Waals surface area (Å²) >= 11 is 5.56. The van der Waals surface area contributed by atoms with Crippen LogP contribution in [0.2, 0.25) is 5.28 Å². The van der Waals surface area contributed by atoms with Crippen LogP contribution in [-0.4, -0.2) is 15.5 Å². The van der Waals surface area contributed by atoms with Gasteiger partial charge in [-0.2, -0.15) is 4.98 Å². The number of aromatic nitrogens is 2. The first-order valence-corrected chi connectivity index (χ1v) is 4.78. The molecule has 0 radical (unpaired) electrons. The van der Waals surface area contributed by atoms with E-state index in [0.29, 0.717) is 0 Å². The van der Waals surface area contributed by atoms with Crippen LogP contribution in [0.1, 0.15) is 27.2 Å². The Morgan fingerprint density at radius 2 is 2.21 bits per heavy atom. The molecule has 0 saturated heterocycles. The minimum atomic E-state index is -0.490. The molecule has 0 spiro atoms. The highest BCUT2D eigenvalue weighted by atomic mass is 35.5. The lowest BCUT2D eigenvalue weighted by Crippen LogP contribution is -2.30. The van der Waals surface area contributed by atoms with E-state index in [2.05, 4.69) is 15.3 Å². The van der Waals surface area contributed by atoms with Gasteiger partial charge in [-0.25, -0.2) is 9.37 Å². The number of nitrogens with zero attached hydrogens (tertiary/aromatic N) is 2. The molecule has 1 N–H and O–H groups in total. The maximum atomic E-state index is 13.2. The van der Waals surface area contributed by atoms with E-state index >= 15 is 0 Å². The molecule has 78 valence electrons. The predicted octanol–water partition coefficient (Wildman–Crippen LogP) is 2.87. The summed E-state index contributed by atoms with van der Waals surface area (Å²) in [5.41, 5.74) is -0.210. The average Bonchev–Trinajstić information content (AvgIpc) is 2.11. The minimum Gasteiger partial charge on any atom is -0.363 e. The fraction of sp³-hybridized carbons (Fsp3) is 0.556. The Kier molecular flexibility index (Phi) is 3.26. The van der Waals surface area contributed by atoms with Gasteiger partial charge in [0.15, 0.2) is 11.6 Å². The van der Waals surface area contributed by atoms with E-state index in [1.54, 1.807) is 0 Å². The molecule has 0 fully saturated rings. The molecule has 1 aromatic heterocycles. The quantitative estimate of drug-likeness (QED) is 0.792. The largest absolute Gasteiger partial charge is 0.363 e. The number of hydrogen-bond acceptors (Lipinski definition) is 3. The second-order valence-electron chi connectivity index (χ2n) is 3.70. The number of anilines is 1. The van der Waals surface area contributed by atoms with Gasteiger partial charge in [0, 0.05) is 5.54 Å². The second kappa shape index (κ2) is 4.09. The smallest absolute Gasteiger partial charge is 0.224 e. The van der Waals surface area contributed by atoms with Crippen molar-refractivity contribution >= 4 is 17.4 Å². The van der Waals surface area contributed by atoms with Crippen LogP contribution in [0.25, 0.3) is 0 Å². The fourth-order valence-electron chi connectivity index (χ4n) is 0.842. The summed E-state index contributed by atoms with van der Waals surface area (Å²) in [4.78, 5) is 7.31. The van der Waals surface area contributed by atoms with Crippen molar-refractivity contribution in [2.45, 2.75) is 32.7 Å². The number of hydrogen-bond donors (Lipinski definition) is 1. The van der Waals surface area contributed by atoms with Crippen molar-refractivity contribution < 1.29 is 4.39 Å². The van der Waals surface area contributed by atoms with E-state index in [0.717, 1.165) is 12.6 Å². The molecule has 0 aliphatic rings. The maximum Gasteiger partial charge on any atom is 0.224 e. The lowest BCUT2D eigenvalue weighted by atomic mass is 10.0. The van der Waals surface area contributed by atoms with Gasteiger partial charge in [0.1, 0.15) is 0 Å². The molecular formula is C9H13ClFN3. The van der Waals surface area contributed by atoms with E-state index in [-0.39, 0.29) is 16.6 Å². The van der Waals surface area contributed by atoms with E-state index in [1.807, 2.05) is 20.8 Å². The first-order chi connectivity index (χ1) is 6.44. The fourth-order valence-corrected chi connectivity index (χ4v) is 0.975. The molecule has 0 unspecified atom stereocenters. The van der Waals surface area contributed by atoms with Crippen LogP contribution >= 0.6 is 11.6 Å². The summed E-state index contributed by atoms with van der Waals surface area (Å²) in [6.45, 7) is 5.93. The average molecular weight is 218 g/mol. The molecular weight excluding hydrogens is 205 g/mol. The lowest BCUT2D eigenvalue weighted by Gasteiger charge is -2.25. The van der Waals surface area contributed by atoms with Crippen molar-refractivity contribution in [2.24, 2.45) is 0 Å². The zero-order chi connectivity index (χ0) is 10.8. The van der Waals surface area contributed by atoms with Crippen LogP contribution in [0.15, 0.2) is 6.20 Å². The van der Waals surface area contributed by atoms with Crippen LogP contribution in [-0.2, 0) is 0 Å². The van der Waals surface area contributed by atoms with Gasteiger partial charge in [0.2, 0.25) is 5.28 Å². The number of nitrogens with one attached hydrogen (secondary N) is 1. The highest BCUT2D eigenvalue weighted by Gasteiger charge is 2.17. The van der Waals surface area contributed by atoms with E-state index in [9.17, 15) is 4.39 Å². The first-order valence-electron chi connectivity index (χ1n) is 4.41. The predicted molar refractivity (Wildman–Crippen MR) is 55.0 cm³/mol. The van der Waals surface area contributed by atoms with Gasteiger partial charge in [-0.3, -0.25) is 0 Å². The van der Waals surface area contributed by atoms with Gasteiger partial charge >= 0.3 is 0 Å². The van der Waals surface area contributed by atoms with Crippen LogP contribution in [0.3, 0.4) is 0 Å². The van der Waals surface area contributed by atoms with Crippen molar-refractivity contribution in [3.8, 4) is 0 Å². The first kappa shape index (κ1) is 11.2. The molecule has 0 aliphatic heterocycles. The minimum absolute atomic E-state index is 0.0424. The summed E-state index contributed by atoms with van der Waals surface area (Å²) in [7, 11) is 0. The zero-order valence-electron chi connectivity index (χ0n) is 8.43. The third-order valence-corrected chi connectivity index (χ3v) is 2.24. The van der Waals surface area contributed by atoms with Gasteiger partial charge < -0.3 is 5.32 Å². The Labute approximate surface area is 87.7 Å². The SMILES string of the molecule is CCC(C)(C)Nc1nc(Cl)ncc1F. The molecule has 0 aliphatic carbocycles. The van der Waals surface area contributed by atoms with E-state index < -0.39 is 5.82 Å². The summed E-state index contributed by atoms with van der Waals surface area (Å²) < 4.78 is 13.2. The third kappa shape index (κ3) is 2.80. The lowest BCUT2D eigenvalue weighted by molar-refractivity contribution is 0.532. The van der Waals surface area contributed by atoms with Crippen molar-refractivity contribution in [1.82, 2.24) is 9.97 Å². The molecule has 0 saturated carbocycles. The zero-order valence-corrected chi connectivity index (χ0v) is 9.19. The standard InChI is InChI=1S/C9H13ClFN3/c1-4-9(2,3)14-7-6(11)5-12-8(10)13-7/h5H,4H2,1-3H3,(H,12,13,14). The molecule has 3 nitrogen and oxygen atoms in total. The normalized spacial score (nSPS) is 11.5. The Morgan fingerprint density at radius 1 is 1.57 bits per heavy atom. The highest BCUT2D eigenvalue weighted by molar-refractivity contribution is 6.28. The molecule has 1 rings (SSSR count). The molecule has 1 aromatic rings. The van der Waals surface area contributed by atoms with E-state index in [1.165, 1.54) is 0 Å². The van der Waals surface area contributed by atoms with Gasteiger partial charge in [-0.05, 0) is 31.9 Å². The molecule has 5 heteroatoms. The van der Waals surface area contributed by atoms with Crippen molar-refractivity contribution in [2.75, 3.05) is 5.32 Å². The molecule has 1 heterocycles. The Hall–Kier alpha value is -0.900. The maximum absolute atomic E-state index is 13.2. The van der Waals surface area contributed by atoms with Crippen LogP contribution in [0, 0.1) is 5.82 Å².